The number of benzene rings is 1. The fourth-order valence-corrected chi connectivity index (χ4v) is 2.91. The minimum atomic E-state index is 0.0651. The van der Waals surface area contributed by atoms with E-state index in [0.717, 1.165) is 39.1 Å². The molecule has 1 aromatic carbocycles. The van der Waals surface area contributed by atoms with Gasteiger partial charge in [0.05, 0.1) is 0 Å². The molecule has 2 rings (SSSR count). The molecule has 0 aromatic heterocycles. The Balaban J connectivity index is 1.71. The van der Waals surface area contributed by atoms with E-state index in [4.69, 9.17) is 0 Å². The molecule has 1 saturated heterocycles. The highest BCUT2D eigenvalue weighted by molar-refractivity contribution is 5.78. The molecule has 1 aliphatic rings. The van der Waals surface area contributed by atoms with E-state index in [9.17, 15) is 4.79 Å². The van der Waals surface area contributed by atoms with E-state index in [2.05, 4.69) is 53.2 Å². The summed E-state index contributed by atoms with van der Waals surface area (Å²) in [5, 5.41) is 3.08. The molecule has 0 spiro atoms. The van der Waals surface area contributed by atoms with Gasteiger partial charge in [-0.2, -0.15) is 0 Å². The van der Waals surface area contributed by atoms with E-state index in [0.29, 0.717) is 0 Å². The van der Waals surface area contributed by atoms with Gasteiger partial charge in [-0.3, -0.25) is 9.69 Å². The third-order valence-corrected chi connectivity index (χ3v) is 4.53. The van der Waals surface area contributed by atoms with Crippen LogP contribution in [-0.2, 0) is 4.79 Å². The van der Waals surface area contributed by atoms with Crippen molar-refractivity contribution in [3.8, 4) is 0 Å². The summed E-state index contributed by atoms with van der Waals surface area (Å²) in [4.78, 5) is 16.7. The van der Waals surface area contributed by atoms with E-state index in [1.165, 1.54) is 11.3 Å². The van der Waals surface area contributed by atoms with Crippen LogP contribution in [0.3, 0.4) is 0 Å². The van der Waals surface area contributed by atoms with E-state index in [1.54, 1.807) is 0 Å². The third-order valence-electron chi connectivity index (χ3n) is 4.53. The number of amides is 1. The summed E-state index contributed by atoms with van der Waals surface area (Å²) in [5.74, 6) is 0.220. The van der Waals surface area contributed by atoms with Crippen molar-refractivity contribution in [3.63, 3.8) is 0 Å². The second-order valence-electron chi connectivity index (χ2n) is 7.02. The predicted octanol–water partition coefficient (Wildman–Crippen LogP) is 2.67. The average Bonchev–Trinajstić information content (AvgIpc) is 2.53. The van der Waals surface area contributed by atoms with Crippen LogP contribution in [0, 0.1) is 12.8 Å². The van der Waals surface area contributed by atoms with Crippen molar-refractivity contribution >= 4 is 11.6 Å². The fraction of sp³-hybridized carbons (Fsp3) is 0.632. The van der Waals surface area contributed by atoms with Crippen LogP contribution in [0.4, 0.5) is 5.69 Å². The molecule has 4 nitrogen and oxygen atoms in total. The average molecular weight is 317 g/mol. The molecule has 0 aliphatic carbocycles. The quantitative estimate of drug-likeness (QED) is 0.876. The maximum absolute atomic E-state index is 11.7. The molecule has 0 radical (unpaired) electrons. The molecule has 23 heavy (non-hydrogen) atoms. The summed E-state index contributed by atoms with van der Waals surface area (Å²) in [7, 11) is 0. The van der Waals surface area contributed by atoms with Gasteiger partial charge < -0.3 is 10.2 Å². The lowest BCUT2D eigenvalue weighted by Crippen LogP contribution is -2.47. The number of anilines is 1. The molecule has 0 unspecified atom stereocenters. The smallest absolute Gasteiger partial charge is 0.222 e. The number of carbonyl (C=O) groups is 1. The zero-order valence-electron chi connectivity index (χ0n) is 15.0. The molecule has 1 fully saturated rings. The number of nitrogens with zero attached hydrogens (tertiary/aromatic N) is 2. The molecule has 1 aliphatic heterocycles. The highest BCUT2D eigenvalue weighted by Crippen LogP contribution is 2.17. The van der Waals surface area contributed by atoms with E-state index < -0.39 is 0 Å². The van der Waals surface area contributed by atoms with Gasteiger partial charge in [0.25, 0.3) is 0 Å². The Morgan fingerprint density at radius 2 is 1.87 bits per heavy atom. The molecule has 1 heterocycles. The lowest BCUT2D eigenvalue weighted by Gasteiger charge is -2.36. The number of hydrogen-bond acceptors (Lipinski definition) is 3. The number of piperazine rings is 1. The summed E-state index contributed by atoms with van der Waals surface area (Å²) < 4.78 is 0. The standard InChI is InChI=1S/C19H31N3O/c1-15(2)19(23)20-17(4)8-9-21-10-12-22(13-11-21)18-7-5-6-16(3)14-18/h5-7,14-15,17H,8-13H2,1-4H3,(H,20,23)/t17-/m0/s1. The van der Waals surface area contributed by atoms with E-state index in [-0.39, 0.29) is 17.9 Å². The Morgan fingerprint density at radius 3 is 2.48 bits per heavy atom. The Hall–Kier alpha value is -1.55. The second-order valence-corrected chi connectivity index (χ2v) is 7.02. The summed E-state index contributed by atoms with van der Waals surface area (Å²) in [6.45, 7) is 13.5. The molecule has 128 valence electrons. The highest BCUT2D eigenvalue weighted by Gasteiger charge is 2.18. The summed E-state index contributed by atoms with van der Waals surface area (Å²) >= 11 is 0. The minimum Gasteiger partial charge on any atom is -0.369 e. The molecular formula is C19H31N3O. The first-order valence-corrected chi connectivity index (χ1v) is 8.80. The number of carbonyl (C=O) groups excluding carboxylic acids is 1. The van der Waals surface area contributed by atoms with Crippen molar-refractivity contribution in [2.45, 2.75) is 40.2 Å². The summed E-state index contributed by atoms with van der Waals surface area (Å²) in [6.07, 6.45) is 1.02. The topological polar surface area (TPSA) is 35.6 Å². The van der Waals surface area contributed by atoms with Gasteiger partial charge in [0, 0.05) is 50.4 Å². The number of rotatable bonds is 6. The van der Waals surface area contributed by atoms with Crippen LogP contribution in [0.2, 0.25) is 0 Å². The largest absolute Gasteiger partial charge is 0.369 e. The monoisotopic (exact) mass is 317 g/mol. The van der Waals surface area contributed by atoms with Gasteiger partial charge in [0.1, 0.15) is 0 Å². The zero-order valence-corrected chi connectivity index (χ0v) is 15.0. The molecule has 0 bridgehead atoms. The third kappa shape index (κ3) is 5.54. The first-order valence-electron chi connectivity index (χ1n) is 8.80. The van der Waals surface area contributed by atoms with Crippen LogP contribution < -0.4 is 10.2 Å². The highest BCUT2D eigenvalue weighted by atomic mass is 16.1. The number of nitrogens with one attached hydrogen (secondary N) is 1. The Labute approximate surface area is 140 Å². The van der Waals surface area contributed by atoms with Crippen molar-refractivity contribution in [3.05, 3.63) is 29.8 Å². The van der Waals surface area contributed by atoms with Gasteiger partial charge in [0.2, 0.25) is 5.91 Å². The maximum Gasteiger partial charge on any atom is 0.222 e. The number of aryl methyl sites for hydroxylation is 1. The maximum atomic E-state index is 11.7. The van der Waals surface area contributed by atoms with Crippen LogP contribution in [0.5, 0.6) is 0 Å². The van der Waals surface area contributed by atoms with Crippen molar-refractivity contribution in [1.29, 1.82) is 0 Å². The molecule has 4 heteroatoms. The minimum absolute atomic E-state index is 0.0651. The van der Waals surface area contributed by atoms with E-state index >= 15 is 0 Å². The van der Waals surface area contributed by atoms with Crippen molar-refractivity contribution in [2.24, 2.45) is 5.92 Å². The lowest BCUT2D eigenvalue weighted by atomic mass is 10.1. The lowest BCUT2D eigenvalue weighted by molar-refractivity contribution is -0.124. The fourth-order valence-electron chi connectivity index (χ4n) is 2.91. The second kappa shape index (κ2) is 8.34. The molecule has 0 saturated carbocycles. The normalized spacial score (nSPS) is 17.3. The van der Waals surface area contributed by atoms with Crippen LogP contribution >= 0.6 is 0 Å². The van der Waals surface area contributed by atoms with Crippen molar-refractivity contribution in [2.75, 3.05) is 37.6 Å². The van der Waals surface area contributed by atoms with Crippen molar-refractivity contribution < 1.29 is 4.79 Å². The SMILES string of the molecule is Cc1cccc(N2CCN(CC[C@H](C)NC(=O)C(C)C)CC2)c1. The first kappa shape index (κ1) is 17.8. The molecular weight excluding hydrogens is 286 g/mol. The first-order chi connectivity index (χ1) is 11.0. The Morgan fingerprint density at radius 1 is 1.17 bits per heavy atom. The summed E-state index contributed by atoms with van der Waals surface area (Å²) in [5.41, 5.74) is 2.65. The van der Waals surface area contributed by atoms with Crippen LogP contribution in [-0.4, -0.2) is 49.6 Å². The summed E-state index contributed by atoms with van der Waals surface area (Å²) in [6, 6.07) is 8.99. The Kier molecular flexibility index (Phi) is 6.46. The predicted molar refractivity (Wildman–Crippen MR) is 96.9 cm³/mol. The van der Waals surface area contributed by atoms with E-state index in [1.807, 2.05) is 13.8 Å². The van der Waals surface area contributed by atoms with Crippen LogP contribution in [0.15, 0.2) is 24.3 Å². The van der Waals surface area contributed by atoms with Crippen molar-refractivity contribution in [1.82, 2.24) is 10.2 Å². The van der Waals surface area contributed by atoms with Crippen LogP contribution in [0.25, 0.3) is 0 Å². The van der Waals surface area contributed by atoms with Gasteiger partial charge >= 0.3 is 0 Å². The van der Waals surface area contributed by atoms with Gasteiger partial charge in [-0.25, -0.2) is 0 Å². The van der Waals surface area contributed by atoms with Crippen LogP contribution in [0.1, 0.15) is 32.8 Å². The van der Waals surface area contributed by atoms with Gasteiger partial charge in [-0.15, -0.1) is 0 Å². The molecule has 1 atom stereocenters. The molecule has 1 amide bonds. The van der Waals surface area contributed by atoms with Gasteiger partial charge in [-0.05, 0) is 38.0 Å². The van der Waals surface area contributed by atoms with Gasteiger partial charge in [-0.1, -0.05) is 26.0 Å². The molecule has 1 N–H and O–H groups in total. The molecule has 1 aromatic rings. The zero-order chi connectivity index (χ0) is 16.8. The van der Waals surface area contributed by atoms with Gasteiger partial charge in [0.15, 0.2) is 0 Å². The number of hydrogen-bond donors (Lipinski definition) is 1. The Bertz CT molecular complexity index is 507.